The molecule has 0 unspecified atom stereocenters. The predicted molar refractivity (Wildman–Crippen MR) is 117 cm³/mol. The number of nitrogens with one attached hydrogen (secondary N) is 3. The van der Waals surface area contributed by atoms with Crippen LogP contribution in [-0.4, -0.2) is 37.0 Å². The van der Waals surface area contributed by atoms with Gasteiger partial charge in [0.1, 0.15) is 0 Å². The van der Waals surface area contributed by atoms with Crippen molar-refractivity contribution in [2.45, 2.75) is 19.8 Å². The Hall–Kier alpha value is -2.16. The minimum atomic E-state index is -0.0602. The van der Waals surface area contributed by atoms with Crippen molar-refractivity contribution in [2.75, 3.05) is 25.5 Å². The minimum absolute atomic E-state index is 0. The van der Waals surface area contributed by atoms with Gasteiger partial charge in [0.15, 0.2) is 5.96 Å². The highest BCUT2D eigenvalue weighted by Gasteiger charge is 2.00. The lowest BCUT2D eigenvalue weighted by molar-refractivity contribution is -0.114. The van der Waals surface area contributed by atoms with Crippen molar-refractivity contribution in [1.29, 1.82) is 0 Å². The molecule has 1 amide bonds. The fraction of sp³-hybridized carbons (Fsp3) is 0.316. The van der Waals surface area contributed by atoms with Gasteiger partial charge in [-0.1, -0.05) is 18.2 Å². The summed E-state index contributed by atoms with van der Waals surface area (Å²) in [5.41, 5.74) is 3.08. The molecule has 0 aliphatic rings. The second-order valence-electron chi connectivity index (χ2n) is 5.62. The monoisotopic (exact) mass is 467 g/mol. The van der Waals surface area contributed by atoms with Gasteiger partial charge in [0.25, 0.3) is 0 Å². The van der Waals surface area contributed by atoms with Gasteiger partial charge in [-0.2, -0.15) is 0 Å². The van der Waals surface area contributed by atoms with Crippen LogP contribution in [0, 0.1) is 0 Å². The van der Waals surface area contributed by atoms with E-state index in [4.69, 9.17) is 0 Å². The lowest BCUT2D eigenvalue weighted by atomic mass is 10.1. The zero-order valence-corrected chi connectivity index (χ0v) is 17.5. The van der Waals surface area contributed by atoms with E-state index in [9.17, 15) is 4.79 Å². The number of aliphatic imine (C=N–C) groups is 1. The van der Waals surface area contributed by atoms with E-state index in [-0.39, 0.29) is 29.9 Å². The number of hydrogen-bond acceptors (Lipinski definition) is 3. The Kier molecular flexibility index (Phi) is 10.3. The van der Waals surface area contributed by atoms with Crippen LogP contribution in [0.2, 0.25) is 0 Å². The highest BCUT2D eigenvalue weighted by Crippen LogP contribution is 2.09. The van der Waals surface area contributed by atoms with Crippen LogP contribution in [0.5, 0.6) is 0 Å². The molecule has 0 atom stereocenters. The molecule has 2 rings (SSSR count). The number of carbonyl (C=O) groups is 1. The molecule has 3 N–H and O–H groups in total. The summed E-state index contributed by atoms with van der Waals surface area (Å²) in [4.78, 5) is 19.5. The molecule has 0 saturated carbocycles. The number of nitrogens with zero attached hydrogens (tertiary/aromatic N) is 2. The maximum absolute atomic E-state index is 11.0. The van der Waals surface area contributed by atoms with Gasteiger partial charge >= 0.3 is 0 Å². The molecular formula is C19H26IN5O. The van der Waals surface area contributed by atoms with Crippen LogP contribution in [0.4, 0.5) is 5.69 Å². The third-order valence-corrected chi connectivity index (χ3v) is 3.60. The largest absolute Gasteiger partial charge is 0.356 e. The molecular weight excluding hydrogens is 441 g/mol. The lowest BCUT2D eigenvalue weighted by Gasteiger charge is -2.12. The van der Waals surface area contributed by atoms with Gasteiger partial charge in [-0.25, -0.2) is 0 Å². The van der Waals surface area contributed by atoms with Crippen LogP contribution in [0.25, 0.3) is 0 Å². The molecule has 0 bridgehead atoms. The quantitative estimate of drug-likeness (QED) is 0.333. The molecule has 0 aliphatic carbocycles. The summed E-state index contributed by atoms with van der Waals surface area (Å²) in [5.74, 6) is 0.723. The molecule has 2 aromatic rings. The number of benzene rings is 1. The van der Waals surface area contributed by atoms with Crippen molar-refractivity contribution in [3.8, 4) is 0 Å². The molecule has 1 aromatic heterocycles. The maximum Gasteiger partial charge on any atom is 0.221 e. The van der Waals surface area contributed by atoms with Gasteiger partial charge in [-0.3, -0.25) is 14.8 Å². The van der Waals surface area contributed by atoms with E-state index >= 15 is 0 Å². The first kappa shape index (κ1) is 21.9. The fourth-order valence-electron chi connectivity index (χ4n) is 2.36. The molecule has 6 nitrogen and oxygen atoms in total. The maximum atomic E-state index is 11.0. The van der Waals surface area contributed by atoms with Crippen molar-refractivity contribution in [2.24, 2.45) is 4.99 Å². The van der Waals surface area contributed by atoms with Crippen molar-refractivity contribution in [3.05, 3.63) is 59.9 Å². The first-order valence-corrected chi connectivity index (χ1v) is 8.38. The highest BCUT2D eigenvalue weighted by molar-refractivity contribution is 14.0. The van der Waals surface area contributed by atoms with Crippen molar-refractivity contribution in [3.63, 3.8) is 0 Å². The van der Waals surface area contributed by atoms with Crippen LogP contribution >= 0.6 is 24.0 Å². The Labute approximate surface area is 171 Å². The summed E-state index contributed by atoms with van der Waals surface area (Å²) < 4.78 is 0. The number of carbonyl (C=O) groups excluding carboxylic acids is 1. The van der Waals surface area contributed by atoms with Crippen LogP contribution in [0.3, 0.4) is 0 Å². The number of anilines is 1. The summed E-state index contributed by atoms with van der Waals surface area (Å²) in [6, 6.07) is 13.8. The van der Waals surface area contributed by atoms with Gasteiger partial charge in [0.05, 0.1) is 0 Å². The molecule has 1 heterocycles. The lowest BCUT2D eigenvalue weighted by Crippen LogP contribution is -2.39. The molecule has 140 valence electrons. The molecule has 1 aromatic carbocycles. The van der Waals surface area contributed by atoms with E-state index in [0.29, 0.717) is 0 Å². The normalized spacial score (nSPS) is 10.6. The zero-order chi connectivity index (χ0) is 17.9. The Morgan fingerprint density at radius 1 is 1.04 bits per heavy atom. The summed E-state index contributed by atoms with van der Waals surface area (Å²) in [6.07, 6.45) is 3.53. The minimum Gasteiger partial charge on any atom is -0.356 e. The van der Waals surface area contributed by atoms with E-state index in [1.807, 2.05) is 42.5 Å². The Bertz CT molecular complexity index is 689. The topological polar surface area (TPSA) is 78.4 Å². The number of guanidine groups is 1. The predicted octanol–water partition coefficient (Wildman–Crippen LogP) is 2.61. The molecule has 7 heteroatoms. The number of halogens is 1. The van der Waals surface area contributed by atoms with Gasteiger partial charge in [-0.05, 0) is 36.2 Å². The van der Waals surface area contributed by atoms with Gasteiger partial charge in [-0.15, -0.1) is 24.0 Å². The summed E-state index contributed by atoms with van der Waals surface area (Å²) in [6.45, 7) is 3.06. The fourth-order valence-corrected chi connectivity index (χ4v) is 2.36. The van der Waals surface area contributed by atoms with Crippen molar-refractivity contribution in [1.82, 2.24) is 15.6 Å². The molecule has 0 radical (unpaired) electrons. The van der Waals surface area contributed by atoms with E-state index in [2.05, 4.69) is 25.9 Å². The molecule has 0 spiro atoms. The third-order valence-electron chi connectivity index (χ3n) is 3.60. The SMILES string of the molecule is CN=C(NCCc1ccc(NC(C)=O)cc1)NCCc1ccccn1.I. The van der Waals surface area contributed by atoms with E-state index < -0.39 is 0 Å². The van der Waals surface area contributed by atoms with E-state index in [1.165, 1.54) is 12.5 Å². The molecule has 0 saturated heterocycles. The molecule has 0 aliphatic heterocycles. The number of hydrogen-bond donors (Lipinski definition) is 3. The van der Waals surface area contributed by atoms with Crippen LogP contribution < -0.4 is 16.0 Å². The van der Waals surface area contributed by atoms with Gasteiger partial charge in [0, 0.05) is 51.1 Å². The van der Waals surface area contributed by atoms with E-state index in [1.54, 1.807) is 13.2 Å². The average molecular weight is 467 g/mol. The Balaban J connectivity index is 0.00000338. The first-order chi connectivity index (χ1) is 12.2. The van der Waals surface area contributed by atoms with Gasteiger partial charge < -0.3 is 16.0 Å². The number of amides is 1. The van der Waals surface area contributed by atoms with Crippen LogP contribution in [0.1, 0.15) is 18.2 Å². The van der Waals surface area contributed by atoms with Crippen molar-refractivity contribution >= 4 is 41.5 Å². The summed E-state index contributed by atoms with van der Waals surface area (Å²) in [7, 11) is 1.76. The third kappa shape index (κ3) is 8.28. The number of pyridine rings is 1. The van der Waals surface area contributed by atoms with Gasteiger partial charge in [0.2, 0.25) is 5.91 Å². The Morgan fingerprint density at radius 3 is 2.31 bits per heavy atom. The van der Waals surface area contributed by atoms with Crippen LogP contribution in [-0.2, 0) is 17.6 Å². The summed E-state index contributed by atoms with van der Waals surface area (Å²) in [5, 5.41) is 9.35. The highest BCUT2D eigenvalue weighted by atomic mass is 127. The zero-order valence-electron chi connectivity index (χ0n) is 15.2. The average Bonchev–Trinajstić information content (AvgIpc) is 2.62. The van der Waals surface area contributed by atoms with E-state index in [0.717, 1.165) is 43.3 Å². The molecule has 26 heavy (non-hydrogen) atoms. The number of rotatable bonds is 7. The summed E-state index contributed by atoms with van der Waals surface area (Å²) >= 11 is 0. The molecule has 0 fully saturated rings. The van der Waals surface area contributed by atoms with Crippen molar-refractivity contribution < 1.29 is 4.79 Å². The second kappa shape index (κ2) is 12.2. The smallest absolute Gasteiger partial charge is 0.221 e. The first-order valence-electron chi connectivity index (χ1n) is 8.38. The Morgan fingerprint density at radius 2 is 1.73 bits per heavy atom. The number of aromatic nitrogens is 1. The second-order valence-corrected chi connectivity index (χ2v) is 5.62. The standard InChI is InChI=1S/C19H25N5O.HI/c1-15(25)24-18-8-6-16(7-9-18)10-13-22-19(20-2)23-14-11-17-5-3-4-12-21-17;/h3-9,12H,10-11,13-14H2,1-2H3,(H,24,25)(H2,20,22,23);1H. The van der Waals surface area contributed by atoms with Crippen LogP contribution in [0.15, 0.2) is 53.7 Å².